The Kier molecular flexibility index (Phi) is 6.63. The second kappa shape index (κ2) is 8.70. The first kappa shape index (κ1) is 18.3. The maximum atomic E-state index is 11.0. The van der Waals surface area contributed by atoms with E-state index in [1.165, 1.54) is 0 Å². The average molecular weight is 394 g/mol. The zero-order chi connectivity index (χ0) is 17.5. The number of hydrogen-bond acceptors (Lipinski definition) is 4. The molecule has 0 amide bonds. The minimum atomic E-state index is -0.902. The monoisotopic (exact) mass is 393 g/mol. The summed E-state index contributed by atoms with van der Waals surface area (Å²) in [6.07, 6.45) is 0. The molecule has 2 aromatic rings. The number of ether oxygens (including phenoxy) is 2. The van der Waals surface area contributed by atoms with Crippen molar-refractivity contribution in [1.82, 2.24) is 5.32 Å². The molecule has 0 fully saturated rings. The number of hydrogen-bond donors (Lipinski definition) is 2. The van der Waals surface area contributed by atoms with Crippen molar-refractivity contribution < 1.29 is 19.4 Å². The van der Waals surface area contributed by atoms with Gasteiger partial charge in [-0.3, -0.25) is 4.79 Å². The number of nitrogens with one attached hydrogen (secondary N) is 1. The van der Waals surface area contributed by atoms with E-state index in [2.05, 4.69) is 21.2 Å². The molecule has 0 aliphatic rings. The van der Waals surface area contributed by atoms with Crippen molar-refractivity contribution in [2.75, 3.05) is 7.11 Å². The molecule has 2 N–H and O–H groups in total. The minimum Gasteiger partial charge on any atom is -0.493 e. The fraction of sp³-hybridized carbons (Fsp3) is 0.278. The summed E-state index contributed by atoms with van der Waals surface area (Å²) in [5, 5.41) is 12.0. The molecule has 0 saturated carbocycles. The highest BCUT2D eigenvalue weighted by Crippen LogP contribution is 2.36. The van der Waals surface area contributed by atoms with E-state index in [1.54, 1.807) is 14.0 Å². The van der Waals surface area contributed by atoms with Gasteiger partial charge in [0.2, 0.25) is 0 Å². The molecule has 0 heterocycles. The van der Waals surface area contributed by atoms with Gasteiger partial charge in [-0.2, -0.15) is 0 Å². The maximum absolute atomic E-state index is 11.0. The summed E-state index contributed by atoms with van der Waals surface area (Å²) < 4.78 is 12.2. The average Bonchev–Trinajstić information content (AvgIpc) is 2.59. The van der Waals surface area contributed by atoms with Crippen LogP contribution < -0.4 is 14.8 Å². The molecule has 0 saturated heterocycles. The van der Waals surface area contributed by atoms with E-state index in [1.807, 2.05) is 42.5 Å². The Morgan fingerprint density at radius 1 is 1.25 bits per heavy atom. The standard InChI is InChI=1S/C18H20BrNO4/c1-12(18(21)22)20-10-14-15(19)8-9-16(23-2)17(14)24-11-13-6-4-3-5-7-13/h3-9,12,20H,10-11H2,1-2H3,(H,21,22). The molecule has 0 spiro atoms. The lowest BCUT2D eigenvalue weighted by Gasteiger charge is -2.18. The van der Waals surface area contributed by atoms with Crippen LogP contribution in [0.3, 0.4) is 0 Å². The van der Waals surface area contributed by atoms with Crippen LogP contribution in [-0.2, 0) is 17.9 Å². The molecule has 0 radical (unpaired) electrons. The van der Waals surface area contributed by atoms with Crippen LogP contribution in [0, 0.1) is 0 Å². The second-order valence-corrected chi connectivity index (χ2v) is 6.13. The Labute approximate surface area is 149 Å². The van der Waals surface area contributed by atoms with E-state index in [-0.39, 0.29) is 0 Å². The van der Waals surface area contributed by atoms with E-state index >= 15 is 0 Å². The van der Waals surface area contributed by atoms with Crippen LogP contribution in [0.25, 0.3) is 0 Å². The molecule has 2 rings (SSSR count). The van der Waals surface area contributed by atoms with E-state index in [0.29, 0.717) is 24.7 Å². The zero-order valence-corrected chi connectivity index (χ0v) is 15.2. The molecule has 0 aliphatic heterocycles. The van der Waals surface area contributed by atoms with Crippen molar-refractivity contribution in [2.24, 2.45) is 0 Å². The van der Waals surface area contributed by atoms with Crippen LogP contribution in [0.15, 0.2) is 46.9 Å². The number of benzene rings is 2. The van der Waals surface area contributed by atoms with Crippen LogP contribution in [-0.4, -0.2) is 24.2 Å². The fourth-order valence-corrected chi connectivity index (χ4v) is 2.59. The minimum absolute atomic E-state index is 0.343. The summed E-state index contributed by atoms with van der Waals surface area (Å²) in [5.74, 6) is 0.301. The Hall–Kier alpha value is -2.05. The van der Waals surface area contributed by atoms with Crippen LogP contribution in [0.5, 0.6) is 11.5 Å². The first-order valence-corrected chi connectivity index (χ1v) is 8.30. The molecule has 0 aliphatic carbocycles. The summed E-state index contributed by atoms with van der Waals surface area (Å²) in [6.45, 7) is 2.34. The quantitative estimate of drug-likeness (QED) is 0.716. The fourth-order valence-electron chi connectivity index (χ4n) is 2.14. The highest BCUT2D eigenvalue weighted by molar-refractivity contribution is 9.10. The first-order chi connectivity index (χ1) is 11.5. The highest BCUT2D eigenvalue weighted by Gasteiger charge is 2.17. The molecule has 0 aromatic heterocycles. The summed E-state index contributed by atoms with van der Waals surface area (Å²) in [5.41, 5.74) is 1.86. The lowest BCUT2D eigenvalue weighted by molar-refractivity contribution is -0.139. The van der Waals surface area contributed by atoms with Crippen molar-refractivity contribution in [2.45, 2.75) is 26.1 Å². The molecule has 5 nitrogen and oxygen atoms in total. The molecule has 1 atom stereocenters. The molecule has 2 aromatic carbocycles. The topological polar surface area (TPSA) is 67.8 Å². The van der Waals surface area contributed by atoms with Gasteiger partial charge in [-0.1, -0.05) is 46.3 Å². The van der Waals surface area contributed by atoms with Crippen molar-refractivity contribution in [3.63, 3.8) is 0 Å². The summed E-state index contributed by atoms with van der Waals surface area (Å²) in [4.78, 5) is 11.0. The van der Waals surface area contributed by atoms with Crippen LogP contribution >= 0.6 is 15.9 Å². The van der Waals surface area contributed by atoms with Crippen LogP contribution in [0.2, 0.25) is 0 Å². The Bertz CT molecular complexity index is 691. The predicted octanol–water partition coefficient (Wildman–Crippen LogP) is 3.60. The van der Waals surface area contributed by atoms with Gasteiger partial charge < -0.3 is 19.9 Å². The molecule has 6 heteroatoms. The second-order valence-electron chi connectivity index (χ2n) is 5.27. The number of carboxylic acids is 1. The van der Waals surface area contributed by atoms with Gasteiger partial charge in [0.05, 0.1) is 7.11 Å². The van der Waals surface area contributed by atoms with E-state index < -0.39 is 12.0 Å². The normalized spacial score (nSPS) is 11.8. The summed E-state index contributed by atoms with van der Waals surface area (Å²) >= 11 is 3.50. The van der Waals surface area contributed by atoms with Crippen molar-refractivity contribution in [3.05, 3.63) is 58.1 Å². The van der Waals surface area contributed by atoms with Gasteiger partial charge in [-0.05, 0) is 24.6 Å². The number of rotatable bonds is 8. The van der Waals surface area contributed by atoms with Gasteiger partial charge in [0.1, 0.15) is 12.6 Å². The highest BCUT2D eigenvalue weighted by atomic mass is 79.9. The van der Waals surface area contributed by atoms with Gasteiger partial charge in [0.25, 0.3) is 0 Å². The van der Waals surface area contributed by atoms with Gasteiger partial charge in [-0.15, -0.1) is 0 Å². The van der Waals surface area contributed by atoms with Crippen molar-refractivity contribution in [3.8, 4) is 11.5 Å². The number of carboxylic acid groups (broad SMARTS) is 1. The first-order valence-electron chi connectivity index (χ1n) is 7.51. The van der Waals surface area contributed by atoms with E-state index in [4.69, 9.17) is 14.6 Å². The number of aliphatic carboxylic acids is 1. The molecule has 0 bridgehead atoms. The molecule has 1 unspecified atom stereocenters. The number of halogens is 1. The lowest BCUT2D eigenvalue weighted by atomic mass is 10.1. The van der Waals surface area contributed by atoms with Gasteiger partial charge in [0, 0.05) is 16.6 Å². The van der Waals surface area contributed by atoms with Gasteiger partial charge in [-0.25, -0.2) is 0 Å². The predicted molar refractivity (Wildman–Crippen MR) is 95.4 cm³/mol. The number of methoxy groups -OCH3 is 1. The third-order valence-corrected chi connectivity index (χ3v) is 4.31. The van der Waals surface area contributed by atoms with Crippen molar-refractivity contribution >= 4 is 21.9 Å². The van der Waals surface area contributed by atoms with E-state index in [0.717, 1.165) is 15.6 Å². The maximum Gasteiger partial charge on any atom is 0.320 e. The van der Waals surface area contributed by atoms with Crippen molar-refractivity contribution in [1.29, 1.82) is 0 Å². The number of carbonyl (C=O) groups is 1. The third-order valence-electron chi connectivity index (χ3n) is 3.57. The third kappa shape index (κ3) is 4.72. The molecular formula is C18H20BrNO4. The largest absolute Gasteiger partial charge is 0.493 e. The summed E-state index contributed by atoms with van der Waals surface area (Å²) in [7, 11) is 1.58. The van der Waals surface area contributed by atoms with E-state index in [9.17, 15) is 4.79 Å². The van der Waals surface area contributed by atoms with Crippen LogP contribution in [0.1, 0.15) is 18.1 Å². The van der Waals surface area contributed by atoms with Gasteiger partial charge in [0.15, 0.2) is 11.5 Å². The van der Waals surface area contributed by atoms with Crippen LogP contribution in [0.4, 0.5) is 0 Å². The summed E-state index contributed by atoms with van der Waals surface area (Å²) in [6, 6.07) is 12.8. The zero-order valence-electron chi connectivity index (χ0n) is 13.6. The molecule has 24 heavy (non-hydrogen) atoms. The SMILES string of the molecule is COc1ccc(Br)c(CNC(C)C(=O)O)c1OCc1ccccc1. The Balaban J connectivity index is 2.22. The molecular weight excluding hydrogens is 374 g/mol. The Morgan fingerprint density at radius 2 is 1.96 bits per heavy atom. The Morgan fingerprint density at radius 3 is 2.58 bits per heavy atom. The molecule has 128 valence electrons. The lowest BCUT2D eigenvalue weighted by Crippen LogP contribution is -2.33. The smallest absolute Gasteiger partial charge is 0.320 e. The van der Waals surface area contributed by atoms with Gasteiger partial charge >= 0.3 is 5.97 Å².